The topological polar surface area (TPSA) is 64.3 Å². The first-order valence-electron chi connectivity index (χ1n) is 4.58. The van der Waals surface area contributed by atoms with Gasteiger partial charge in [0.1, 0.15) is 0 Å². The van der Waals surface area contributed by atoms with Crippen LogP contribution in [0, 0.1) is 0 Å². The van der Waals surface area contributed by atoms with Crippen molar-refractivity contribution in [2.75, 3.05) is 24.8 Å². The molecule has 0 fully saturated rings. The predicted octanol–water partition coefficient (Wildman–Crippen LogP) is 2.77. The van der Waals surface area contributed by atoms with Gasteiger partial charge in [-0.15, -0.1) is 0 Å². The molecule has 1 rings (SSSR count). The Morgan fingerprint density at radius 1 is 1.44 bits per heavy atom. The van der Waals surface area contributed by atoms with E-state index >= 15 is 0 Å². The van der Waals surface area contributed by atoms with Gasteiger partial charge in [0, 0.05) is 21.7 Å². The zero-order valence-corrected chi connectivity index (χ0v) is 11.9. The summed E-state index contributed by atoms with van der Waals surface area (Å²) in [6.07, 6.45) is 0.319. The normalized spacial score (nSPS) is 10.2. The maximum absolute atomic E-state index is 11.5. The molecule has 0 heterocycles. The number of benzene rings is 1. The zero-order valence-electron chi connectivity index (χ0n) is 8.72. The zero-order chi connectivity index (χ0) is 12.1. The van der Waals surface area contributed by atoms with Crippen molar-refractivity contribution in [2.45, 2.75) is 6.42 Å². The lowest BCUT2D eigenvalue weighted by atomic mass is 10.3. The van der Waals surface area contributed by atoms with Gasteiger partial charge in [-0.2, -0.15) is 0 Å². The number of nitrogens with two attached hydrogens (primary N) is 1. The van der Waals surface area contributed by atoms with Crippen LogP contribution in [0.1, 0.15) is 6.42 Å². The van der Waals surface area contributed by atoms with Crippen LogP contribution in [0.2, 0.25) is 0 Å². The third kappa shape index (κ3) is 3.77. The number of anilines is 2. The monoisotopic (exact) mass is 350 g/mol. The second-order valence-corrected chi connectivity index (χ2v) is 4.86. The Bertz CT molecular complexity index is 373. The summed E-state index contributed by atoms with van der Waals surface area (Å²) in [4.78, 5) is 11.5. The predicted molar refractivity (Wildman–Crippen MR) is 71.4 cm³/mol. The minimum absolute atomic E-state index is 0.104. The number of hydrogen-bond donors (Lipinski definition) is 2. The highest BCUT2D eigenvalue weighted by atomic mass is 79.9. The average molecular weight is 352 g/mol. The van der Waals surface area contributed by atoms with Crippen molar-refractivity contribution in [3.63, 3.8) is 0 Å². The van der Waals surface area contributed by atoms with Gasteiger partial charge in [-0.05, 0) is 44.0 Å². The summed E-state index contributed by atoms with van der Waals surface area (Å²) < 4.78 is 6.31. The van der Waals surface area contributed by atoms with Crippen LogP contribution in [0.15, 0.2) is 21.1 Å². The summed E-state index contributed by atoms with van der Waals surface area (Å²) in [5.41, 5.74) is 6.94. The third-order valence-corrected chi connectivity index (χ3v) is 3.11. The fourth-order valence-electron chi connectivity index (χ4n) is 1.11. The van der Waals surface area contributed by atoms with Crippen molar-refractivity contribution >= 4 is 49.1 Å². The van der Waals surface area contributed by atoms with E-state index in [0.29, 0.717) is 24.4 Å². The molecular weight excluding hydrogens is 340 g/mol. The lowest BCUT2D eigenvalue weighted by molar-refractivity contribution is -0.117. The van der Waals surface area contributed by atoms with Crippen LogP contribution in [0.3, 0.4) is 0 Å². The van der Waals surface area contributed by atoms with Crippen LogP contribution < -0.4 is 11.1 Å². The summed E-state index contributed by atoms with van der Waals surface area (Å²) in [5.74, 6) is -0.104. The Labute approximate surface area is 111 Å². The molecule has 6 heteroatoms. The molecule has 4 nitrogen and oxygen atoms in total. The van der Waals surface area contributed by atoms with E-state index in [2.05, 4.69) is 37.2 Å². The molecule has 1 amide bonds. The van der Waals surface area contributed by atoms with Crippen LogP contribution in [0.25, 0.3) is 0 Å². The molecule has 0 aliphatic carbocycles. The minimum Gasteiger partial charge on any atom is -0.399 e. The van der Waals surface area contributed by atoms with Crippen LogP contribution in [0.5, 0.6) is 0 Å². The van der Waals surface area contributed by atoms with Crippen LogP contribution in [0.4, 0.5) is 11.4 Å². The largest absolute Gasteiger partial charge is 0.399 e. The number of nitrogen functional groups attached to an aromatic ring is 1. The standard InChI is InChI=1S/C10H12Br2N2O2/c1-16-3-2-9(15)14-10-7(11)4-6(13)5-8(10)12/h4-5H,2-3,13H2,1H3,(H,14,15). The van der Waals surface area contributed by atoms with Crippen molar-refractivity contribution in [1.29, 1.82) is 0 Å². The number of nitrogens with one attached hydrogen (secondary N) is 1. The number of ether oxygens (including phenoxy) is 1. The molecule has 0 saturated heterocycles. The highest BCUT2D eigenvalue weighted by molar-refractivity contribution is 9.11. The Morgan fingerprint density at radius 2 is 2.00 bits per heavy atom. The first kappa shape index (κ1) is 13.5. The Hall–Kier alpha value is -0.590. The second-order valence-electron chi connectivity index (χ2n) is 3.15. The highest BCUT2D eigenvalue weighted by Crippen LogP contribution is 2.33. The van der Waals surface area contributed by atoms with Crippen molar-refractivity contribution in [1.82, 2.24) is 0 Å². The van der Waals surface area contributed by atoms with Gasteiger partial charge in [0.2, 0.25) is 5.91 Å². The minimum atomic E-state index is -0.104. The van der Waals surface area contributed by atoms with Gasteiger partial charge in [-0.3, -0.25) is 4.79 Å². The number of amides is 1. The molecular formula is C10H12Br2N2O2. The number of halogens is 2. The first-order chi connectivity index (χ1) is 7.54. The van der Waals surface area contributed by atoms with E-state index in [-0.39, 0.29) is 5.91 Å². The molecule has 0 bridgehead atoms. The molecule has 0 aliphatic rings. The number of hydrogen-bond acceptors (Lipinski definition) is 3. The van der Waals surface area contributed by atoms with E-state index in [1.165, 1.54) is 0 Å². The van der Waals surface area contributed by atoms with E-state index in [4.69, 9.17) is 10.5 Å². The maximum Gasteiger partial charge on any atom is 0.226 e. The van der Waals surface area contributed by atoms with Crippen LogP contribution in [-0.4, -0.2) is 19.6 Å². The average Bonchev–Trinajstić information content (AvgIpc) is 2.20. The van der Waals surface area contributed by atoms with Gasteiger partial charge in [0.05, 0.1) is 18.7 Å². The van der Waals surface area contributed by atoms with Gasteiger partial charge in [0.15, 0.2) is 0 Å². The number of rotatable bonds is 4. The van der Waals surface area contributed by atoms with Crippen LogP contribution in [-0.2, 0) is 9.53 Å². The molecule has 0 spiro atoms. The van der Waals surface area contributed by atoms with Gasteiger partial charge >= 0.3 is 0 Å². The summed E-state index contributed by atoms with van der Waals surface area (Å²) in [6.45, 7) is 0.399. The van der Waals surface area contributed by atoms with Crippen molar-refractivity contribution in [3.05, 3.63) is 21.1 Å². The van der Waals surface area contributed by atoms with Crippen molar-refractivity contribution in [2.24, 2.45) is 0 Å². The van der Waals surface area contributed by atoms with E-state index in [1.807, 2.05) is 0 Å². The van der Waals surface area contributed by atoms with E-state index in [9.17, 15) is 4.79 Å². The molecule has 0 aromatic heterocycles. The maximum atomic E-state index is 11.5. The molecule has 0 unspecified atom stereocenters. The van der Waals surface area contributed by atoms with Gasteiger partial charge in [-0.25, -0.2) is 0 Å². The molecule has 3 N–H and O–H groups in total. The molecule has 1 aromatic rings. The van der Waals surface area contributed by atoms with Crippen LogP contribution >= 0.6 is 31.9 Å². The smallest absolute Gasteiger partial charge is 0.226 e. The van der Waals surface area contributed by atoms with Crippen molar-refractivity contribution < 1.29 is 9.53 Å². The summed E-state index contributed by atoms with van der Waals surface area (Å²) >= 11 is 6.68. The molecule has 0 radical (unpaired) electrons. The number of carbonyl (C=O) groups excluding carboxylic acids is 1. The number of carbonyl (C=O) groups is 1. The quantitative estimate of drug-likeness (QED) is 0.820. The molecule has 88 valence electrons. The SMILES string of the molecule is COCCC(=O)Nc1c(Br)cc(N)cc1Br. The Balaban J connectivity index is 2.77. The molecule has 1 aromatic carbocycles. The Kier molecular flexibility index (Phi) is 5.24. The third-order valence-electron chi connectivity index (χ3n) is 1.86. The van der Waals surface area contributed by atoms with Gasteiger partial charge in [-0.1, -0.05) is 0 Å². The van der Waals surface area contributed by atoms with E-state index in [0.717, 1.165) is 8.95 Å². The number of methoxy groups -OCH3 is 1. The van der Waals surface area contributed by atoms with Gasteiger partial charge in [0.25, 0.3) is 0 Å². The highest BCUT2D eigenvalue weighted by Gasteiger charge is 2.09. The molecule has 0 saturated carbocycles. The van der Waals surface area contributed by atoms with E-state index in [1.54, 1.807) is 19.2 Å². The molecule has 0 atom stereocenters. The molecule has 0 aliphatic heterocycles. The fraction of sp³-hybridized carbons (Fsp3) is 0.300. The lowest BCUT2D eigenvalue weighted by Gasteiger charge is -2.10. The lowest BCUT2D eigenvalue weighted by Crippen LogP contribution is -2.14. The van der Waals surface area contributed by atoms with Gasteiger partial charge < -0.3 is 15.8 Å². The summed E-state index contributed by atoms with van der Waals surface area (Å²) in [5, 5.41) is 2.77. The molecule has 16 heavy (non-hydrogen) atoms. The van der Waals surface area contributed by atoms with Crippen molar-refractivity contribution in [3.8, 4) is 0 Å². The summed E-state index contributed by atoms with van der Waals surface area (Å²) in [6, 6.07) is 3.47. The first-order valence-corrected chi connectivity index (χ1v) is 6.16. The fourth-order valence-corrected chi connectivity index (χ4v) is 2.53. The second kappa shape index (κ2) is 6.22. The summed E-state index contributed by atoms with van der Waals surface area (Å²) in [7, 11) is 1.56. The van der Waals surface area contributed by atoms with E-state index < -0.39 is 0 Å². The Morgan fingerprint density at radius 3 is 2.50 bits per heavy atom.